The molecule has 0 spiro atoms. The van der Waals surface area contributed by atoms with Gasteiger partial charge in [-0.05, 0) is 42.5 Å². The van der Waals surface area contributed by atoms with Crippen molar-refractivity contribution in [2.75, 3.05) is 5.75 Å². The fraction of sp³-hybridized carbons (Fsp3) is 0.562. The summed E-state index contributed by atoms with van der Waals surface area (Å²) >= 11 is 1.50. The van der Waals surface area contributed by atoms with Crippen molar-refractivity contribution in [2.45, 2.75) is 44.0 Å². The maximum Gasteiger partial charge on any atom is 0.230 e. The number of amides is 1. The molecule has 1 aromatic rings. The largest absolute Gasteiger partial charge is 0.508 e. The van der Waals surface area contributed by atoms with Crippen molar-refractivity contribution < 1.29 is 9.90 Å². The predicted octanol–water partition coefficient (Wildman–Crippen LogP) is 3.43. The molecule has 0 aliphatic heterocycles. The Balaban J connectivity index is 1.79. The Morgan fingerprint density at radius 2 is 2.00 bits per heavy atom. The number of hydrogen-bond acceptors (Lipinski definition) is 3. The van der Waals surface area contributed by atoms with Crippen molar-refractivity contribution in [3.8, 4) is 5.75 Å². The summed E-state index contributed by atoms with van der Waals surface area (Å²) in [7, 11) is 0. The first-order chi connectivity index (χ1) is 9.56. The molecule has 0 heterocycles. The zero-order valence-corrected chi connectivity index (χ0v) is 13.0. The van der Waals surface area contributed by atoms with Crippen molar-refractivity contribution in [1.29, 1.82) is 0 Å². The van der Waals surface area contributed by atoms with Crippen LogP contribution in [0, 0.1) is 11.8 Å². The van der Waals surface area contributed by atoms with E-state index in [4.69, 9.17) is 0 Å². The summed E-state index contributed by atoms with van der Waals surface area (Å²) < 4.78 is 0. The van der Waals surface area contributed by atoms with E-state index in [9.17, 15) is 9.90 Å². The molecule has 1 aliphatic carbocycles. The summed E-state index contributed by atoms with van der Waals surface area (Å²) in [5, 5.41) is 12.4. The number of nitrogens with one attached hydrogen (secondary N) is 1. The molecule has 0 bridgehead atoms. The molecule has 1 fully saturated rings. The molecule has 3 atom stereocenters. The fourth-order valence-electron chi connectivity index (χ4n) is 2.73. The van der Waals surface area contributed by atoms with E-state index in [2.05, 4.69) is 19.2 Å². The van der Waals surface area contributed by atoms with Gasteiger partial charge in [-0.2, -0.15) is 0 Å². The SMILES string of the molecule is CC1CCCC(NC(=O)CSc2ccc(O)cc2)C1C. The van der Waals surface area contributed by atoms with Crippen LogP contribution < -0.4 is 5.32 Å². The van der Waals surface area contributed by atoms with Crippen LogP contribution in [0.3, 0.4) is 0 Å². The first-order valence-corrected chi connectivity index (χ1v) is 8.26. The summed E-state index contributed by atoms with van der Waals surface area (Å²) in [6.07, 6.45) is 3.58. The van der Waals surface area contributed by atoms with Gasteiger partial charge in [0.25, 0.3) is 0 Å². The fourth-order valence-corrected chi connectivity index (χ4v) is 3.44. The third kappa shape index (κ3) is 4.17. The van der Waals surface area contributed by atoms with E-state index < -0.39 is 0 Å². The van der Waals surface area contributed by atoms with Gasteiger partial charge in [-0.3, -0.25) is 4.79 Å². The lowest BCUT2D eigenvalue weighted by molar-refractivity contribution is -0.119. The van der Waals surface area contributed by atoms with Crippen LogP contribution in [0.5, 0.6) is 5.75 Å². The van der Waals surface area contributed by atoms with Gasteiger partial charge in [0.2, 0.25) is 5.91 Å². The smallest absolute Gasteiger partial charge is 0.230 e. The molecule has 110 valence electrons. The summed E-state index contributed by atoms with van der Waals surface area (Å²) in [5.41, 5.74) is 0. The number of benzene rings is 1. The second kappa shape index (κ2) is 7.02. The Morgan fingerprint density at radius 3 is 2.70 bits per heavy atom. The number of phenols is 1. The molecule has 0 radical (unpaired) electrons. The van der Waals surface area contributed by atoms with Crippen molar-refractivity contribution >= 4 is 17.7 Å². The van der Waals surface area contributed by atoms with Crippen LogP contribution in [0.2, 0.25) is 0 Å². The van der Waals surface area contributed by atoms with E-state index in [1.807, 2.05) is 12.1 Å². The highest BCUT2D eigenvalue weighted by Crippen LogP contribution is 2.29. The van der Waals surface area contributed by atoms with E-state index in [0.717, 1.165) is 11.3 Å². The van der Waals surface area contributed by atoms with Crippen LogP contribution in [0.25, 0.3) is 0 Å². The lowest BCUT2D eigenvalue weighted by Gasteiger charge is -2.34. The highest BCUT2D eigenvalue weighted by Gasteiger charge is 2.27. The average molecular weight is 293 g/mol. The van der Waals surface area contributed by atoms with E-state index in [-0.39, 0.29) is 11.7 Å². The molecule has 1 aliphatic rings. The van der Waals surface area contributed by atoms with Gasteiger partial charge in [-0.15, -0.1) is 11.8 Å². The lowest BCUT2D eigenvalue weighted by Crippen LogP contribution is -2.44. The molecule has 1 aromatic carbocycles. The molecular weight excluding hydrogens is 270 g/mol. The van der Waals surface area contributed by atoms with Gasteiger partial charge >= 0.3 is 0 Å². The number of phenolic OH excluding ortho intramolecular Hbond substituents is 1. The Morgan fingerprint density at radius 1 is 1.30 bits per heavy atom. The van der Waals surface area contributed by atoms with Crippen LogP contribution in [0.4, 0.5) is 0 Å². The molecule has 2 rings (SSSR count). The van der Waals surface area contributed by atoms with E-state index in [1.54, 1.807) is 12.1 Å². The summed E-state index contributed by atoms with van der Waals surface area (Å²) in [6.45, 7) is 4.51. The minimum absolute atomic E-state index is 0.106. The summed E-state index contributed by atoms with van der Waals surface area (Å²) in [6, 6.07) is 7.28. The highest BCUT2D eigenvalue weighted by atomic mass is 32.2. The van der Waals surface area contributed by atoms with Crippen LogP contribution in [0.15, 0.2) is 29.2 Å². The van der Waals surface area contributed by atoms with Gasteiger partial charge < -0.3 is 10.4 Å². The first kappa shape index (κ1) is 15.2. The molecule has 0 aromatic heterocycles. The number of carbonyl (C=O) groups excluding carboxylic acids is 1. The Kier molecular flexibility index (Phi) is 5.35. The second-order valence-electron chi connectivity index (χ2n) is 5.72. The number of aromatic hydroxyl groups is 1. The first-order valence-electron chi connectivity index (χ1n) is 7.27. The molecular formula is C16H23NO2S. The average Bonchev–Trinajstić information content (AvgIpc) is 2.43. The number of hydrogen-bond donors (Lipinski definition) is 2. The van der Waals surface area contributed by atoms with Crippen molar-refractivity contribution in [1.82, 2.24) is 5.32 Å². The Labute approximate surface area is 125 Å². The molecule has 1 saturated carbocycles. The van der Waals surface area contributed by atoms with Gasteiger partial charge in [-0.25, -0.2) is 0 Å². The molecule has 3 nitrogen and oxygen atoms in total. The molecule has 4 heteroatoms. The Bertz CT molecular complexity index is 446. The van der Waals surface area contributed by atoms with Crippen LogP contribution in [-0.4, -0.2) is 22.8 Å². The second-order valence-corrected chi connectivity index (χ2v) is 6.77. The third-order valence-corrected chi connectivity index (χ3v) is 5.27. The molecule has 20 heavy (non-hydrogen) atoms. The van der Waals surface area contributed by atoms with Crippen LogP contribution in [-0.2, 0) is 4.79 Å². The number of carbonyl (C=O) groups is 1. The summed E-state index contributed by atoms with van der Waals surface area (Å²) in [4.78, 5) is 13.0. The minimum Gasteiger partial charge on any atom is -0.508 e. The third-order valence-electron chi connectivity index (χ3n) is 4.26. The monoisotopic (exact) mass is 293 g/mol. The molecule has 2 N–H and O–H groups in total. The quantitative estimate of drug-likeness (QED) is 0.836. The van der Waals surface area contributed by atoms with Crippen molar-refractivity contribution in [2.24, 2.45) is 11.8 Å². The van der Waals surface area contributed by atoms with Crippen molar-refractivity contribution in [3.63, 3.8) is 0 Å². The molecule has 1 amide bonds. The minimum atomic E-state index is 0.106. The van der Waals surface area contributed by atoms with Gasteiger partial charge in [0.15, 0.2) is 0 Å². The van der Waals surface area contributed by atoms with Gasteiger partial charge in [0.05, 0.1) is 5.75 Å². The zero-order valence-electron chi connectivity index (χ0n) is 12.1. The van der Waals surface area contributed by atoms with Gasteiger partial charge in [-0.1, -0.05) is 26.7 Å². The maximum absolute atomic E-state index is 12.0. The molecule has 3 unspecified atom stereocenters. The predicted molar refractivity (Wildman–Crippen MR) is 82.9 cm³/mol. The Hall–Kier alpha value is -1.16. The number of thioether (sulfide) groups is 1. The lowest BCUT2D eigenvalue weighted by atomic mass is 9.78. The van der Waals surface area contributed by atoms with Gasteiger partial charge in [0.1, 0.15) is 5.75 Å². The van der Waals surface area contributed by atoms with Crippen LogP contribution >= 0.6 is 11.8 Å². The van der Waals surface area contributed by atoms with E-state index in [1.165, 1.54) is 24.6 Å². The normalized spacial score (nSPS) is 26.2. The van der Waals surface area contributed by atoms with E-state index >= 15 is 0 Å². The summed E-state index contributed by atoms with van der Waals surface area (Å²) in [5.74, 6) is 2.05. The zero-order chi connectivity index (χ0) is 14.5. The van der Waals surface area contributed by atoms with Crippen LogP contribution in [0.1, 0.15) is 33.1 Å². The highest BCUT2D eigenvalue weighted by molar-refractivity contribution is 8.00. The number of rotatable bonds is 4. The maximum atomic E-state index is 12.0. The van der Waals surface area contributed by atoms with E-state index in [0.29, 0.717) is 23.6 Å². The molecule has 0 saturated heterocycles. The van der Waals surface area contributed by atoms with Gasteiger partial charge in [0, 0.05) is 10.9 Å². The van der Waals surface area contributed by atoms with Crippen molar-refractivity contribution in [3.05, 3.63) is 24.3 Å². The standard InChI is InChI=1S/C16H23NO2S/c1-11-4-3-5-15(12(11)2)17-16(19)10-20-14-8-6-13(18)7-9-14/h6-9,11-12,15,18H,3-5,10H2,1-2H3,(H,17,19). The topological polar surface area (TPSA) is 49.3 Å².